The number of aryl methyl sites for hydroxylation is 3. The van der Waals surface area contributed by atoms with Crippen molar-refractivity contribution in [3.05, 3.63) is 62.8 Å². The highest BCUT2D eigenvalue weighted by atomic mass is 16.5. The van der Waals surface area contributed by atoms with Gasteiger partial charge in [-0.25, -0.2) is 4.79 Å². The molecule has 0 aliphatic carbocycles. The van der Waals surface area contributed by atoms with Gasteiger partial charge in [-0.1, -0.05) is 5.16 Å². The summed E-state index contributed by atoms with van der Waals surface area (Å²) in [6, 6.07) is 6.26. The molecular weight excluding hydrogens is 296 g/mol. The number of pyridine rings is 1. The molecule has 0 unspecified atom stereocenters. The highest BCUT2D eigenvalue weighted by Gasteiger charge is 2.15. The van der Waals surface area contributed by atoms with Crippen molar-refractivity contribution in [1.29, 1.82) is 0 Å². The summed E-state index contributed by atoms with van der Waals surface area (Å²) in [4.78, 5) is 23.6. The Kier molecular flexibility index (Phi) is 3.52. The van der Waals surface area contributed by atoms with E-state index in [4.69, 9.17) is 4.52 Å². The normalized spacial score (nSPS) is 11.1. The molecule has 118 valence electrons. The molecule has 1 N–H and O–H groups in total. The van der Waals surface area contributed by atoms with Gasteiger partial charge in [-0.15, -0.1) is 0 Å². The fourth-order valence-electron chi connectivity index (χ4n) is 2.83. The third-order valence-corrected chi connectivity index (χ3v) is 4.02. The monoisotopic (exact) mass is 312 g/mol. The molecule has 0 spiro atoms. The van der Waals surface area contributed by atoms with Crippen molar-refractivity contribution in [2.24, 2.45) is 0 Å². The third-order valence-electron chi connectivity index (χ3n) is 4.02. The predicted molar refractivity (Wildman–Crippen MR) is 85.0 cm³/mol. The van der Waals surface area contributed by atoms with Crippen LogP contribution in [0.4, 0.5) is 0 Å². The van der Waals surface area contributed by atoms with E-state index in [1.54, 1.807) is 36.6 Å². The topological polar surface area (TPSA) is 85.3 Å². The van der Waals surface area contributed by atoms with E-state index in [2.05, 4.69) is 5.16 Å². The van der Waals surface area contributed by atoms with Crippen LogP contribution in [-0.2, 0) is 6.54 Å². The Hall–Kier alpha value is -2.89. The van der Waals surface area contributed by atoms with Crippen molar-refractivity contribution in [3.8, 4) is 0 Å². The molecule has 1 aromatic carbocycles. The van der Waals surface area contributed by atoms with Gasteiger partial charge in [0.1, 0.15) is 5.76 Å². The lowest BCUT2D eigenvalue weighted by molar-refractivity contribution is 0.0697. The maximum atomic E-state index is 12.3. The van der Waals surface area contributed by atoms with Gasteiger partial charge in [-0.3, -0.25) is 4.79 Å². The van der Waals surface area contributed by atoms with Crippen molar-refractivity contribution < 1.29 is 14.4 Å². The Balaban J connectivity index is 2.26. The van der Waals surface area contributed by atoms with Crippen molar-refractivity contribution in [2.45, 2.75) is 27.3 Å². The second kappa shape index (κ2) is 5.39. The minimum Gasteiger partial charge on any atom is -0.478 e. The molecule has 2 aromatic heterocycles. The number of aromatic nitrogens is 2. The molecule has 3 rings (SSSR count). The number of carbonyl (C=O) groups is 1. The van der Waals surface area contributed by atoms with Crippen molar-refractivity contribution in [1.82, 2.24) is 9.72 Å². The number of hydrogen-bond donors (Lipinski definition) is 1. The van der Waals surface area contributed by atoms with Gasteiger partial charge in [0.15, 0.2) is 0 Å². The summed E-state index contributed by atoms with van der Waals surface area (Å²) in [6.07, 6.45) is 0. The van der Waals surface area contributed by atoms with Gasteiger partial charge in [0.2, 0.25) is 0 Å². The van der Waals surface area contributed by atoms with E-state index >= 15 is 0 Å². The Labute approximate surface area is 132 Å². The minimum absolute atomic E-state index is 0.149. The first kappa shape index (κ1) is 15.0. The molecule has 2 heterocycles. The molecule has 0 radical (unpaired) electrons. The van der Waals surface area contributed by atoms with Crippen LogP contribution in [0.3, 0.4) is 0 Å². The summed E-state index contributed by atoms with van der Waals surface area (Å²) in [5.74, 6) is -0.315. The van der Waals surface area contributed by atoms with Gasteiger partial charge >= 0.3 is 5.97 Å². The van der Waals surface area contributed by atoms with Gasteiger partial charge in [-0.2, -0.15) is 0 Å². The van der Waals surface area contributed by atoms with Gasteiger partial charge < -0.3 is 14.2 Å². The maximum Gasteiger partial charge on any atom is 0.335 e. The Bertz CT molecular complexity index is 963. The first-order valence-electron chi connectivity index (χ1n) is 7.17. The second-order valence-electron chi connectivity index (χ2n) is 5.60. The van der Waals surface area contributed by atoms with Crippen LogP contribution >= 0.6 is 0 Å². The zero-order valence-corrected chi connectivity index (χ0v) is 13.1. The standard InChI is InChI=1S/C17H16N2O4/c1-9-6-13(17(21)22)7-12-4-5-15(20)19(16(9)12)8-14-10(2)18-23-11(14)3/h4-7H,8H2,1-3H3,(H,21,22). The molecule has 0 aliphatic heterocycles. The summed E-state index contributed by atoms with van der Waals surface area (Å²) in [5, 5.41) is 13.8. The van der Waals surface area contributed by atoms with Crippen LogP contribution in [0.2, 0.25) is 0 Å². The Morgan fingerprint density at radius 1 is 1.26 bits per heavy atom. The number of carboxylic acid groups (broad SMARTS) is 1. The minimum atomic E-state index is -0.988. The fourth-order valence-corrected chi connectivity index (χ4v) is 2.83. The van der Waals surface area contributed by atoms with Crippen molar-refractivity contribution in [2.75, 3.05) is 0 Å². The number of carboxylic acids is 1. The molecule has 0 saturated heterocycles. The van der Waals surface area contributed by atoms with E-state index in [0.717, 1.165) is 22.3 Å². The van der Waals surface area contributed by atoms with Crippen molar-refractivity contribution >= 4 is 16.9 Å². The van der Waals surface area contributed by atoms with Gasteiger partial charge in [0.25, 0.3) is 5.56 Å². The molecular formula is C17H16N2O4. The Morgan fingerprint density at radius 3 is 2.61 bits per heavy atom. The molecule has 3 aromatic rings. The molecule has 23 heavy (non-hydrogen) atoms. The Morgan fingerprint density at radius 2 is 2.00 bits per heavy atom. The van der Waals surface area contributed by atoms with Crippen LogP contribution in [0.5, 0.6) is 0 Å². The number of hydrogen-bond acceptors (Lipinski definition) is 4. The second-order valence-corrected chi connectivity index (χ2v) is 5.60. The summed E-state index contributed by atoms with van der Waals surface area (Å²) < 4.78 is 6.78. The van der Waals surface area contributed by atoms with Crippen LogP contribution in [-0.4, -0.2) is 20.8 Å². The van der Waals surface area contributed by atoms with Crippen LogP contribution in [0, 0.1) is 20.8 Å². The van der Waals surface area contributed by atoms with Crippen molar-refractivity contribution in [3.63, 3.8) is 0 Å². The molecule has 0 amide bonds. The van der Waals surface area contributed by atoms with Gasteiger partial charge in [-0.05, 0) is 49.9 Å². The number of aromatic carboxylic acids is 1. The smallest absolute Gasteiger partial charge is 0.335 e. The molecule has 0 bridgehead atoms. The SMILES string of the molecule is Cc1noc(C)c1Cn1c(=O)ccc2cc(C(=O)O)cc(C)c21. The molecule has 0 aliphatic rings. The zero-order chi connectivity index (χ0) is 16.7. The largest absolute Gasteiger partial charge is 0.478 e. The summed E-state index contributed by atoms with van der Waals surface area (Å²) in [7, 11) is 0. The first-order chi connectivity index (χ1) is 10.9. The first-order valence-corrected chi connectivity index (χ1v) is 7.17. The van der Waals surface area contributed by atoms with E-state index < -0.39 is 5.97 Å². The highest BCUT2D eigenvalue weighted by Crippen LogP contribution is 2.22. The van der Waals surface area contributed by atoms with E-state index in [-0.39, 0.29) is 11.1 Å². The predicted octanol–water partition coefficient (Wildman–Crippen LogP) is 2.66. The highest BCUT2D eigenvalue weighted by molar-refractivity contribution is 5.94. The molecule has 0 atom stereocenters. The molecule has 6 nitrogen and oxygen atoms in total. The lowest BCUT2D eigenvalue weighted by atomic mass is 10.0. The van der Waals surface area contributed by atoms with E-state index in [9.17, 15) is 14.7 Å². The molecule has 0 saturated carbocycles. The van der Waals surface area contributed by atoms with E-state index in [1.165, 1.54) is 6.07 Å². The number of benzene rings is 1. The number of rotatable bonds is 3. The molecule has 6 heteroatoms. The van der Waals surface area contributed by atoms with E-state index in [1.807, 2.05) is 6.92 Å². The average molecular weight is 312 g/mol. The van der Waals surface area contributed by atoms with Crippen LogP contribution in [0.1, 0.15) is 32.9 Å². The van der Waals surface area contributed by atoms with Gasteiger partial charge in [0.05, 0.1) is 23.3 Å². The van der Waals surface area contributed by atoms with Crippen LogP contribution in [0.15, 0.2) is 33.6 Å². The van der Waals surface area contributed by atoms with E-state index in [0.29, 0.717) is 17.7 Å². The quantitative estimate of drug-likeness (QED) is 0.803. The van der Waals surface area contributed by atoms with Gasteiger partial charge in [0, 0.05) is 11.6 Å². The number of fused-ring (bicyclic) bond motifs is 1. The lowest BCUT2D eigenvalue weighted by Crippen LogP contribution is -2.21. The zero-order valence-electron chi connectivity index (χ0n) is 13.1. The fraction of sp³-hybridized carbons (Fsp3) is 0.235. The summed E-state index contributed by atoms with van der Waals surface area (Å²) >= 11 is 0. The maximum absolute atomic E-state index is 12.3. The summed E-state index contributed by atoms with van der Waals surface area (Å²) in [5.41, 5.74) is 3.13. The molecule has 0 fully saturated rings. The van der Waals surface area contributed by atoms with Crippen LogP contribution in [0.25, 0.3) is 10.9 Å². The third kappa shape index (κ3) is 2.52. The number of nitrogens with zero attached hydrogens (tertiary/aromatic N) is 2. The van der Waals surface area contributed by atoms with Crippen LogP contribution < -0.4 is 5.56 Å². The summed E-state index contributed by atoms with van der Waals surface area (Å²) in [6.45, 7) is 5.78. The lowest BCUT2D eigenvalue weighted by Gasteiger charge is -2.13. The average Bonchev–Trinajstić information content (AvgIpc) is 2.81.